The fourth-order valence-corrected chi connectivity index (χ4v) is 1.89. The molecule has 0 aromatic rings. The lowest BCUT2D eigenvalue weighted by molar-refractivity contribution is 0.0120. The van der Waals surface area contributed by atoms with Gasteiger partial charge in [-0.2, -0.15) is 0 Å². The number of piperazine rings is 1. The zero-order valence-electron chi connectivity index (χ0n) is 12.8. The minimum atomic E-state index is -4.88. The van der Waals surface area contributed by atoms with Crippen molar-refractivity contribution in [3.8, 4) is 0 Å². The van der Waals surface area contributed by atoms with Crippen molar-refractivity contribution in [1.82, 2.24) is 9.80 Å². The summed E-state index contributed by atoms with van der Waals surface area (Å²) in [5, 5.41) is 0. The first-order chi connectivity index (χ1) is 9.57. The molecule has 0 radical (unpaired) electrons. The third-order valence-corrected chi connectivity index (χ3v) is 2.88. The summed E-state index contributed by atoms with van der Waals surface area (Å²) in [5.41, 5.74) is -0.526. The summed E-state index contributed by atoms with van der Waals surface area (Å²) in [6, 6.07) is 0. The van der Waals surface area contributed by atoms with Gasteiger partial charge in [0.25, 0.3) is 0 Å². The normalized spacial score (nSPS) is 17.9. The molecular weight excluding hydrogens is 288 g/mol. The molecule has 0 aromatic carbocycles. The predicted octanol–water partition coefficient (Wildman–Crippen LogP) is 1.94. The van der Waals surface area contributed by atoms with Gasteiger partial charge < -0.3 is 27.3 Å². The van der Waals surface area contributed by atoms with Crippen LogP contribution in [-0.4, -0.2) is 74.3 Å². The molecule has 0 unspecified atom stereocenters. The Hall–Kier alpha value is -0.955. The lowest BCUT2D eigenvalue weighted by atomic mass is 9.95. The van der Waals surface area contributed by atoms with Crippen LogP contribution in [-0.2, 0) is 9.47 Å². The maximum atomic E-state index is 12.0. The minimum absolute atomic E-state index is 0.0493. The van der Waals surface area contributed by atoms with E-state index < -0.39 is 19.1 Å². The molecule has 1 saturated heterocycles. The fraction of sp³-hybridized carbons (Fsp3) is 0.917. The summed E-state index contributed by atoms with van der Waals surface area (Å²) < 4.78 is 45.8. The Bertz CT molecular complexity index is 340. The summed E-state index contributed by atoms with van der Waals surface area (Å²) in [6.07, 6.45) is -0.349. The van der Waals surface area contributed by atoms with Crippen molar-refractivity contribution < 1.29 is 27.2 Å². The number of ether oxygens (including phenoxy) is 2. The summed E-state index contributed by atoms with van der Waals surface area (Å²) in [7, 11) is 0. The average Bonchev–Trinajstić information content (AvgIpc) is 2.32. The highest BCUT2D eigenvalue weighted by molar-refractivity contribution is 6.58. The molecule has 0 aliphatic carbocycles. The van der Waals surface area contributed by atoms with E-state index in [9.17, 15) is 17.7 Å². The molecule has 124 valence electrons. The maximum Gasteiger partial charge on any atom is 0.503 e. The van der Waals surface area contributed by atoms with Gasteiger partial charge in [-0.25, -0.2) is 4.79 Å². The van der Waals surface area contributed by atoms with E-state index >= 15 is 0 Å². The van der Waals surface area contributed by atoms with Crippen LogP contribution in [0.1, 0.15) is 20.8 Å². The topological polar surface area (TPSA) is 42.0 Å². The van der Waals surface area contributed by atoms with Gasteiger partial charge in [-0.1, -0.05) is 0 Å². The van der Waals surface area contributed by atoms with Gasteiger partial charge in [-0.3, -0.25) is 4.90 Å². The van der Waals surface area contributed by atoms with E-state index in [1.807, 2.05) is 4.90 Å². The summed E-state index contributed by atoms with van der Waals surface area (Å²) in [5.74, 6) is 0. The molecule has 1 fully saturated rings. The number of halogens is 3. The van der Waals surface area contributed by atoms with Crippen LogP contribution < -0.4 is 0 Å². The highest BCUT2D eigenvalue weighted by Crippen LogP contribution is 2.12. The summed E-state index contributed by atoms with van der Waals surface area (Å²) >= 11 is 0. The van der Waals surface area contributed by atoms with E-state index in [0.717, 1.165) is 0 Å². The minimum Gasteiger partial charge on any atom is -0.447 e. The van der Waals surface area contributed by atoms with Crippen LogP contribution in [0.25, 0.3) is 0 Å². The van der Waals surface area contributed by atoms with Crippen molar-refractivity contribution in [3.63, 3.8) is 0 Å². The molecular formula is C12H23BF3N2O3-. The third-order valence-electron chi connectivity index (χ3n) is 2.88. The Morgan fingerprint density at radius 1 is 1.14 bits per heavy atom. The molecule has 1 rings (SSSR count). The molecule has 0 N–H and O–H groups in total. The van der Waals surface area contributed by atoms with Gasteiger partial charge in [0.05, 0.1) is 6.61 Å². The van der Waals surface area contributed by atoms with Gasteiger partial charge in [-0.05, 0) is 20.8 Å². The fourth-order valence-electron chi connectivity index (χ4n) is 1.89. The molecule has 0 saturated carbocycles. The second-order valence-electron chi connectivity index (χ2n) is 6.09. The highest BCUT2D eigenvalue weighted by Gasteiger charge is 2.26. The van der Waals surface area contributed by atoms with Crippen molar-refractivity contribution in [2.24, 2.45) is 0 Å². The van der Waals surface area contributed by atoms with E-state index in [-0.39, 0.29) is 12.7 Å². The van der Waals surface area contributed by atoms with Crippen LogP contribution in [0.5, 0.6) is 0 Å². The maximum absolute atomic E-state index is 12.0. The first kappa shape index (κ1) is 18.1. The van der Waals surface area contributed by atoms with Crippen LogP contribution in [0.4, 0.5) is 17.7 Å². The first-order valence-electron chi connectivity index (χ1n) is 7.06. The van der Waals surface area contributed by atoms with Crippen molar-refractivity contribution in [3.05, 3.63) is 0 Å². The van der Waals surface area contributed by atoms with Gasteiger partial charge in [0.1, 0.15) is 5.60 Å². The quantitative estimate of drug-likeness (QED) is 0.575. The first-order valence-corrected chi connectivity index (χ1v) is 7.06. The third kappa shape index (κ3) is 8.16. The lowest BCUT2D eigenvalue weighted by Gasteiger charge is -2.35. The Balaban J connectivity index is 2.19. The van der Waals surface area contributed by atoms with E-state index in [2.05, 4.69) is 4.74 Å². The van der Waals surface area contributed by atoms with Crippen LogP contribution in [0.15, 0.2) is 0 Å². The second kappa shape index (κ2) is 7.35. The van der Waals surface area contributed by atoms with Crippen molar-refractivity contribution in [2.75, 3.05) is 45.8 Å². The summed E-state index contributed by atoms with van der Waals surface area (Å²) in [4.78, 5) is 15.4. The second-order valence-corrected chi connectivity index (χ2v) is 6.09. The van der Waals surface area contributed by atoms with Crippen LogP contribution in [0.3, 0.4) is 0 Å². The molecule has 21 heavy (non-hydrogen) atoms. The van der Waals surface area contributed by atoms with Gasteiger partial charge >= 0.3 is 13.1 Å². The van der Waals surface area contributed by atoms with Crippen LogP contribution >= 0.6 is 0 Å². The lowest BCUT2D eigenvalue weighted by Crippen LogP contribution is -2.50. The molecule has 9 heteroatoms. The molecule has 1 amide bonds. The number of nitrogens with zero attached hydrogens (tertiary/aromatic N) is 2. The van der Waals surface area contributed by atoms with Crippen molar-refractivity contribution in [2.45, 2.75) is 26.4 Å². The Morgan fingerprint density at radius 3 is 2.19 bits per heavy atom. The largest absolute Gasteiger partial charge is 0.503 e. The van der Waals surface area contributed by atoms with Gasteiger partial charge in [0, 0.05) is 39.2 Å². The van der Waals surface area contributed by atoms with Crippen LogP contribution in [0, 0.1) is 0 Å². The Morgan fingerprint density at radius 2 is 1.71 bits per heavy atom. The molecule has 5 nitrogen and oxygen atoms in total. The number of carbonyl (C=O) groups excluding carboxylic acids is 1. The van der Waals surface area contributed by atoms with E-state index in [4.69, 9.17) is 4.74 Å². The van der Waals surface area contributed by atoms with Crippen LogP contribution in [0.2, 0.25) is 0 Å². The smallest absolute Gasteiger partial charge is 0.447 e. The molecule has 0 aromatic heterocycles. The van der Waals surface area contributed by atoms with Gasteiger partial charge in [-0.15, -0.1) is 0 Å². The number of carbonyl (C=O) groups is 1. The number of amides is 1. The highest BCUT2D eigenvalue weighted by atomic mass is 19.4. The van der Waals surface area contributed by atoms with E-state index in [0.29, 0.717) is 32.7 Å². The molecule has 1 heterocycles. The Labute approximate surface area is 123 Å². The number of hydrogen-bond acceptors (Lipinski definition) is 4. The SMILES string of the molecule is CC(C)(C)OC(=O)N1CCN(CCOC[B-](F)(F)F)CC1. The predicted molar refractivity (Wildman–Crippen MR) is 74.1 cm³/mol. The zero-order chi connectivity index (χ0) is 16.1. The molecule has 1 aliphatic rings. The van der Waals surface area contributed by atoms with Gasteiger partial charge in [0.2, 0.25) is 0 Å². The molecule has 1 aliphatic heterocycles. The van der Waals surface area contributed by atoms with E-state index in [1.165, 1.54) is 0 Å². The standard InChI is InChI=1S/C12H23BF3N2O3/c1-12(2,3)21-11(19)18-6-4-17(5-7-18)8-9-20-10-13(14,15)16/h4-10H2,1-3H3/q-1. The molecule has 0 spiro atoms. The van der Waals surface area contributed by atoms with Gasteiger partial charge in [0.15, 0.2) is 0 Å². The number of rotatable bonds is 5. The van der Waals surface area contributed by atoms with Crippen molar-refractivity contribution in [1.29, 1.82) is 0 Å². The summed E-state index contributed by atoms with van der Waals surface area (Å²) in [6.45, 7) is 2.12. The van der Waals surface area contributed by atoms with E-state index in [1.54, 1.807) is 25.7 Å². The van der Waals surface area contributed by atoms with Crippen molar-refractivity contribution >= 4 is 13.1 Å². The Kier molecular flexibility index (Phi) is 6.33. The monoisotopic (exact) mass is 311 g/mol. The molecule has 0 bridgehead atoms. The molecule has 0 atom stereocenters. The zero-order valence-corrected chi connectivity index (χ0v) is 12.8. The average molecular weight is 311 g/mol. The number of hydrogen-bond donors (Lipinski definition) is 0.